The zero-order valence-corrected chi connectivity index (χ0v) is 19.5. The standard InChI is InChI=1S/C23H25IN2O5/c1-2-30-23(29)31-18-9-7-17(8-10-18)21(27)25-15-16-11-13-26(14-12-16)22(28)19-5-3-4-6-20(19)24/h3-10,16H,2,11-15H2,1H3,(H,25,27). The summed E-state index contributed by atoms with van der Waals surface area (Å²) in [6, 6.07) is 13.9. The van der Waals surface area contributed by atoms with Gasteiger partial charge in [0.1, 0.15) is 5.75 Å². The molecule has 0 aliphatic carbocycles. The molecule has 2 amide bonds. The molecule has 1 fully saturated rings. The molecular formula is C23H25IN2O5. The number of piperidine rings is 1. The quantitative estimate of drug-likeness (QED) is 0.342. The second-order valence-electron chi connectivity index (χ2n) is 7.23. The lowest BCUT2D eigenvalue weighted by molar-refractivity contribution is 0.0683. The lowest BCUT2D eigenvalue weighted by Gasteiger charge is -2.32. The van der Waals surface area contributed by atoms with E-state index < -0.39 is 6.16 Å². The van der Waals surface area contributed by atoms with Gasteiger partial charge in [-0.05, 0) is 84.7 Å². The van der Waals surface area contributed by atoms with E-state index >= 15 is 0 Å². The predicted molar refractivity (Wildman–Crippen MR) is 124 cm³/mol. The molecule has 31 heavy (non-hydrogen) atoms. The van der Waals surface area contributed by atoms with Crippen LogP contribution in [-0.2, 0) is 4.74 Å². The number of hydrogen-bond donors (Lipinski definition) is 1. The van der Waals surface area contributed by atoms with Gasteiger partial charge in [-0.15, -0.1) is 0 Å². The molecule has 0 spiro atoms. The number of benzene rings is 2. The molecule has 1 heterocycles. The maximum absolute atomic E-state index is 12.7. The second-order valence-corrected chi connectivity index (χ2v) is 8.40. The number of nitrogens with zero attached hydrogens (tertiary/aromatic N) is 1. The van der Waals surface area contributed by atoms with Crippen LogP contribution in [0.5, 0.6) is 5.75 Å². The smallest absolute Gasteiger partial charge is 0.434 e. The van der Waals surface area contributed by atoms with E-state index in [-0.39, 0.29) is 18.4 Å². The van der Waals surface area contributed by atoms with Crippen molar-refractivity contribution in [1.82, 2.24) is 10.2 Å². The van der Waals surface area contributed by atoms with E-state index in [1.54, 1.807) is 31.2 Å². The van der Waals surface area contributed by atoms with E-state index in [0.29, 0.717) is 36.9 Å². The molecule has 0 atom stereocenters. The molecule has 7 nitrogen and oxygen atoms in total. The summed E-state index contributed by atoms with van der Waals surface area (Å²) in [6.45, 7) is 3.86. The normalized spacial score (nSPS) is 14.1. The summed E-state index contributed by atoms with van der Waals surface area (Å²) < 4.78 is 10.7. The molecule has 0 aromatic heterocycles. The number of likely N-dealkylation sites (tertiary alicyclic amines) is 1. The summed E-state index contributed by atoms with van der Waals surface area (Å²) in [7, 11) is 0. The molecule has 2 aromatic rings. The molecule has 1 saturated heterocycles. The monoisotopic (exact) mass is 536 g/mol. The SMILES string of the molecule is CCOC(=O)Oc1ccc(C(=O)NCC2CCN(C(=O)c3ccccc3I)CC2)cc1. The number of carbonyl (C=O) groups excluding carboxylic acids is 3. The third-order valence-electron chi connectivity index (χ3n) is 5.14. The molecule has 1 N–H and O–H groups in total. The first kappa shape index (κ1) is 23.1. The van der Waals surface area contributed by atoms with Gasteiger partial charge in [-0.2, -0.15) is 0 Å². The van der Waals surface area contributed by atoms with Gasteiger partial charge in [0.05, 0.1) is 12.2 Å². The number of amides is 2. The largest absolute Gasteiger partial charge is 0.513 e. The van der Waals surface area contributed by atoms with Crippen LogP contribution in [-0.4, -0.2) is 49.1 Å². The number of ether oxygens (including phenoxy) is 2. The average molecular weight is 536 g/mol. The molecule has 0 saturated carbocycles. The molecule has 164 valence electrons. The highest BCUT2D eigenvalue weighted by molar-refractivity contribution is 14.1. The Kier molecular flexibility index (Phi) is 8.27. The molecule has 1 aliphatic heterocycles. The van der Waals surface area contributed by atoms with Crippen molar-refractivity contribution in [2.75, 3.05) is 26.2 Å². The van der Waals surface area contributed by atoms with E-state index in [0.717, 1.165) is 22.0 Å². The van der Waals surface area contributed by atoms with E-state index in [4.69, 9.17) is 9.47 Å². The minimum absolute atomic E-state index is 0.0672. The Hall–Kier alpha value is -2.62. The molecule has 0 radical (unpaired) electrons. The van der Waals surface area contributed by atoms with Gasteiger partial charge in [0, 0.05) is 28.8 Å². The summed E-state index contributed by atoms with van der Waals surface area (Å²) in [4.78, 5) is 38.3. The van der Waals surface area contributed by atoms with Crippen molar-refractivity contribution in [3.63, 3.8) is 0 Å². The van der Waals surface area contributed by atoms with Crippen molar-refractivity contribution in [2.24, 2.45) is 5.92 Å². The zero-order valence-electron chi connectivity index (χ0n) is 17.3. The molecule has 1 aliphatic rings. The van der Waals surface area contributed by atoms with Crippen molar-refractivity contribution < 1.29 is 23.9 Å². The fourth-order valence-corrected chi connectivity index (χ4v) is 4.02. The third-order valence-corrected chi connectivity index (χ3v) is 6.08. The van der Waals surface area contributed by atoms with E-state index in [1.165, 1.54) is 0 Å². The van der Waals surface area contributed by atoms with Crippen LogP contribution in [0.15, 0.2) is 48.5 Å². The van der Waals surface area contributed by atoms with Crippen LogP contribution in [0.2, 0.25) is 0 Å². The minimum Gasteiger partial charge on any atom is -0.434 e. The van der Waals surface area contributed by atoms with Crippen LogP contribution in [0.1, 0.15) is 40.5 Å². The van der Waals surface area contributed by atoms with Crippen molar-refractivity contribution in [2.45, 2.75) is 19.8 Å². The minimum atomic E-state index is -0.772. The maximum Gasteiger partial charge on any atom is 0.513 e. The van der Waals surface area contributed by atoms with Gasteiger partial charge in [0.15, 0.2) is 0 Å². The highest BCUT2D eigenvalue weighted by atomic mass is 127. The summed E-state index contributed by atoms with van der Waals surface area (Å²) in [5.74, 6) is 0.534. The molecule has 8 heteroatoms. The highest BCUT2D eigenvalue weighted by Crippen LogP contribution is 2.21. The molecule has 0 bridgehead atoms. The van der Waals surface area contributed by atoms with Crippen LogP contribution in [0.25, 0.3) is 0 Å². The van der Waals surface area contributed by atoms with Gasteiger partial charge in [0.25, 0.3) is 11.8 Å². The van der Waals surface area contributed by atoms with Crippen LogP contribution >= 0.6 is 22.6 Å². The first-order chi connectivity index (χ1) is 15.0. The summed E-state index contributed by atoms with van der Waals surface area (Å²) in [5.41, 5.74) is 1.23. The summed E-state index contributed by atoms with van der Waals surface area (Å²) in [6.07, 6.45) is 0.926. The van der Waals surface area contributed by atoms with Gasteiger partial charge in [-0.25, -0.2) is 4.79 Å². The Morgan fingerprint density at radius 2 is 1.74 bits per heavy atom. The van der Waals surface area contributed by atoms with Gasteiger partial charge in [-0.1, -0.05) is 12.1 Å². The van der Waals surface area contributed by atoms with E-state index in [1.807, 2.05) is 29.2 Å². The Balaban J connectivity index is 1.44. The Morgan fingerprint density at radius 3 is 2.39 bits per heavy atom. The van der Waals surface area contributed by atoms with Crippen LogP contribution in [0, 0.1) is 9.49 Å². The molecular weight excluding hydrogens is 511 g/mol. The molecule has 3 rings (SSSR count). The number of hydrogen-bond acceptors (Lipinski definition) is 5. The van der Waals surface area contributed by atoms with Crippen molar-refractivity contribution in [3.8, 4) is 5.75 Å². The van der Waals surface area contributed by atoms with Gasteiger partial charge < -0.3 is 19.7 Å². The van der Waals surface area contributed by atoms with Gasteiger partial charge in [-0.3, -0.25) is 9.59 Å². The first-order valence-electron chi connectivity index (χ1n) is 10.2. The van der Waals surface area contributed by atoms with Gasteiger partial charge >= 0.3 is 6.16 Å². The molecule has 0 unspecified atom stereocenters. The van der Waals surface area contributed by atoms with Gasteiger partial charge in [0.2, 0.25) is 0 Å². The van der Waals surface area contributed by atoms with Crippen LogP contribution < -0.4 is 10.1 Å². The molecule has 2 aromatic carbocycles. The first-order valence-corrected chi connectivity index (χ1v) is 11.3. The fourth-order valence-electron chi connectivity index (χ4n) is 3.40. The van der Waals surface area contributed by atoms with Crippen molar-refractivity contribution in [3.05, 3.63) is 63.2 Å². The lowest BCUT2D eigenvalue weighted by atomic mass is 9.96. The number of carbonyl (C=O) groups is 3. The summed E-state index contributed by atoms with van der Waals surface area (Å²) in [5, 5.41) is 2.96. The lowest BCUT2D eigenvalue weighted by Crippen LogP contribution is -2.41. The van der Waals surface area contributed by atoms with E-state index in [2.05, 4.69) is 27.9 Å². The van der Waals surface area contributed by atoms with Crippen molar-refractivity contribution >= 4 is 40.6 Å². The number of rotatable bonds is 6. The zero-order chi connectivity index (χ0) is 22.2. The Morgan fingerprint density at radius 1 is 1.06 bits per heavy atom. The Bertz CT molecular complexity index is 924. The number of nitrogens with one attached hydrogen (secondary N) is 1. The highest BCUT2D eigenvalue weighted by Gasteiger charge is 2.25. The fraction of sp³-hybridized carbons (Fsp3) is 0.348. The van der Waals surface area contributed by atoms with E-state index in [9.17, 15) is 14.4 Å². The van der Waals surface area contributed by atoms with Crippen molar-refractivity contribution in [1.29, 1.82) is 0 Å². The van der Waals surface area contributed by atoms with Crippen LogP contribution in [0.4, 0.5) is 4.79 Å². The average Bonchev–Trinajstić information content (AvgIpc) is 2.78. The summed E-state index contributed by atoms with van der Waals surface area (Å²) >= 11 is 2.19. The second kappa shape index (κ2) is 11.1. The number of halogens is 1. The predicted octanol–water partition coefficient (Wildman–Crippen LogP) is 4.11. The Labute approximate surface area is 195 Å². The third kappa shape index (κ3) is 6.43. The van der Waals surface area contributed by atoms with Crippen LogP contribution in [0.3, 0.4) is 0 Å². The maximum atomic E-state index is 12.7. The topological polar surface area (TPSA) is 84.9 Å².